The van der Waals surface area contributed by atoms with Crippen molar-refractivity contribution >= 4 is 29.5 Å². The van der Waals surface area contributed by atoms with Crippen molar-refractivity contribution in [3.05, 3.63) is 46.6 Å². The van der Waals surface area contributed by atoms with Gasteiger partial charge in [-0.1, -0.05) is 0 Å². The van der Waals surface area contributed by atoms with Crippen LogP contribution in [0.15, 0.2) is 35.4 Å². The number of hydrogen-bond donors (Lipinski definition) is 4. The van der Waals surface area contributed by atoms with Gasteiger partial charge >= 0.3 is 7.60 Å². The summed E-state index contributed by atoms with van der Waals surface area (Å²) < 4.78 is 16.3. The summed E-state index contributed by atoms with van der Waals surface area (Å²) in [4.78, 5) is 38.4. The van der Waals surface area contributed by atoms with Crippen LogP contribution in [0.3, 0.4) is 0 Å². The zero-order chi connectivity index (χ0) is 18.0. The predicted molar refractivity (Wildman–Crippen MR) is 90.0 cm³/mol. The Bertz CT molecular complexity index is 1010. The number of anilines is 1. The Morgan fingerprint density at radius 1 is 1.32 bits per heavy atom. The molecule has 3 rings (SSSR count). The molecule has 0 aromatic carbocycles. The highest BCUT2D eigenvalue weighted by Crippen LogP contribution is 2.32. The molecule has 130 valence electrons. The van der Waals surface area contributed by atoms with E-state index in [2.05, 4.69) is 25.5 Å². The molecular formula is C14H14N5O5P. The van der Waals surface area contributed by atoms with Crippen LogP contribution in [0.1, 0.15) is 5.69 Å². The maximum Gasteiger partial charge on any atom is 0.357 e. The minimum absolute atomic E-state index is 0.163. The molecule has 3 aromatic heterocycles. The lowest BCUT2D eigenvalue weighted by molar-refractivity contribution is 0.387. The topological polar surface area (TPSA) is 150 Å². The fourth-order valence-corrected chi connectivity index (χ4v) is 2.67. The molecule has 0 fully saturated rings. The van der Waals surface area contributed by atoms with Crippen LogP contribution in [-0.4, -0.2) is 37.1 Å². The lowest BCUT2D eigenvalue weighted by Gasteiger charge is -2.10. The van der Waals surface area contributed by atoms with Crippen molar-refractivity contribution < 1.29 is 19.1 Å². The van der Waals surface area contributed by atoms with Gasteiger partial charge in [-0.15, -0.1) is 0 Å². The van der Waals surface area contributed by atoms with Crippen molar-refractivity contribution in [2.45, 2.75) is 6.54 Å². The van der Waals surface area contributed by atoms with Gasteiger partial charge in [0.05, 0.1) is 36.2 Å². The molecule has 0 aliphatic carbocycles. The predicted octanol–water partition coefficient (Wildman–Crippen LogP) is 0.137. The van der Waals surface area contributed by atoms with E-state index in [1.54, 1.807) is 6.07 Å². The van der Waals surface area contributed by atoms with E-state index in [4.69, 9.17) is 14.5 Å². The summed E-state index contributed by atoms with van der Waals surface area (Å²) in [6.45, 7) is 0.193. The Morgan fingerprint density at radius 3 is 2.76 bits per heavy atom. The van der Waals surface area contributed by atoms with Crippen LogP contribution >= 0.6 is 7.60 Å². The van der Waals surface area contributed by atoms with E-state index in [1.807, 2.05) is 0 Å². The van der Waals surface area contributed by atoms with Crippen molar-refractivity contribution in [2.24, 2.45) is 0 Å². The van der Waals surface area contributed by atoms with E-state index in [-0.39, 0.29) is 11.8 Å². The van der Waals surface area contributed by atoms with Crippen LogP contribution in [0.2, 0.25) is 0 Å². The van der Waals surface area contributed by atoms with E-state index in [0.717, 1.165) is 6.20 Å². The quantitative estimate of drug-likeness (QED) is 0.464. The van der Waals surface area contributed by atoms with Gasteiger partial charge in [0.2, 0.25) is 5.88 Å². The summed E-state index contributed by atoms with van der Waals surface area (Å²) in [5.41, 5.74) is 0.111. The number of pyridine rings is 2. The number of aromatic nitrogens is 4. The average molecular weight is 363 g/mol. The molecule has 10 nitrogen and oxygen atoms in total. The number of nitrogens with one attached hydrogen (secondary N) is 2. The molecule has 0 aliphatic rings. The van der Waals surface area contributed by atoms with E-state index >= 15 is 0 Å². The SMILES string of the molecule is COc1cc2cn[nH]c(=O)c2c(NCc2ccc(P(=O)(O)O)cn2)n1. The second-order valence-electron chi connectivity index (χ2n) is 5.08. The molecule has 0 spiro atoms. The Morgan fingerprint density at radius 2 is 2.12 bits per heavy atom. The second-order valence-corrected chi connectivity index (χ2v) is 6.69. The standard InChI is InChI=1S/C14H14N5O5P/c1-24-11-4-8-5-17-19-14(20)12(8)13(18-11)16-6-9-2-3-10(7-15-9)25(21,22)23/h2-5,7H,6H2,1H3,(H,16,18)(H,19,20)(H2,21,22,23). The van der Waals surface area contributed by atoms with Crippen LogP contribution in [0.4, 0.5) is 5.82 Å². The third kappa shape index (κ3) is 3.66. The third-order valence-corrected chi connectivity index (χ3v) is 4.35. The van der Waals surface area contributed by atoms with Gasteiger partial charge in [0.15, 0.2) is 0 Å². The zero-order valence-electron chi connectivity index (χ0n) is 13.0. The molecule has 0 aliphatic heterocycles. The van der Waals surface area contributed by atoms with E-state index in [0.29, 0.717) is 28.2 Å². The Kier molecular flexibility index (Phi) is 4.49. The van der Waals surface area contributed by atoms with Crippen molar-refractivity contribution in [1.29, 1.82) is 0 Å². The number of fused-ring (bicyclic) bond motifs is 1. The number of nitrogens with zero attached hydrogens (tertiary/aromatic N) is 3. The molecule has 0 bridgehead atoms. The lowest BCUT2D eigenvalue weighted by atomic mass is 10.2. The molecule has 25 heavy (non-hydrogen) atoms. The van der Waals surface area contributed by atoms with E-state index in [9.17, 15) is 9.36 Å². The fourth-order valence-electron chi connectivity index (χ4n) is 2.20. The van der Waals surface area contributed by atoms with Crippen LogP contribution in [-0.2, 0) is 11.1 Å². The number of hydrogen-bond acceptors (Lipinski definition) is 7. The molecule has 0 atom stereocenters. The summed E-state index contributed by atoms with van der Waals surface area (Å²) in [7, 11) is -2.87. The molecule has 0 radical (unpaired) electrons. The fraction of sp³-hybridized carbons (Fsp3) is 0.143. The first-order valence-electron chi connectivity index (χ1n) is 7.06. The molecule has 0 amide bonds. The maximum absolute atomic E-state index is 12.0. The van der Waals surface area contributed by atoms with Crippen LogP contribution < -0.4 is 20.9 Å². The summed E-state index contributed by atoms with van der Waals surface area (Å²) in [5.74, 6) is 0.603. The highest BCUT2D eigenvalue weighted by atomic mass is 31.2. The number of aromatic amines is 1. The summed E-state index contributed by atoms with van der Waals surface area (Å²) in [5, 5.41) is 9.79. The first-order chi connectivity index (χ1) is 11.9. The lowest BCUT2D eigenvalue weighted by Crippen LogP contribution is -2.13. The molecule has 11 heteroatoms. The van der Waals surface area contributed by atoms with Gasteiger partial charge in [0.1, 0.15) is 5.82 Å². The van der Waals surface area contributed by atoms with E-state index < -0.39 is 13.2 Å². The number of methoxy groups -OCH3 is 1. The molecular weight excluding hydrogens is 349 g/mol. The number of H-pyrrole nitrogens is 1. The second kappa shape index (κ2) is 6.60. The third-order valence-electron chi connectivity index (χ3n) is 3.41. The van der Waals surface area contributed by atoms with Crippen LogP contribution in [0.5, 0.6) is 5.88 Å². The minimum atomic E-state index is -4.33. The Labute approximate surface area is 141 Å². The van der Waals surface area contributed by atoms with Crippen LogP contribution in [0.25, 0.3) is 10.8 Å². The summed E-state index contributed by atoms with van der Waals surface area (Å²) in [6, 6.07) is 4.38. The van der Waals surface area contributed by atoms with Crippen molar-refractivity contribution in [3.63, 3.8) is 0 Å². The normalized spacial score (nSPS) is 11.5. The minimum Gasteiger partial charge on any atom is -0.481 e. The van der Waals surface area contributed by atoms with Crippen molar-refractivity contribution in [2.75, 3.05) is 12.4 Å². The van der Waals surface area contributed by atoms with Crippen molar-refractivity contribution in [3.8, 4) is 5.88 Å². The first kappa shape index (κ1) is 17.0. The molecule has 0 saturated carbocycles. The smallest absolute Gasteiger partial charge is 0.357 e. The highest BCUT2D eigenvalue weighted by molar-refractivity contribution is 7.60. The highest BCUT2D eigenvalue weighted by Gasteiger charge is 2.17. The van der Waals surface area contributed by atoms with Gasteiger partial charge < -0.3 is 19.8 Å². The molecule has 4 N–H and O–H groups in total. The molecule has 0 unspecified atom stereocenters. The molecule has 3 aromatic rings. The number of ether oxygens (including phenoxy) is 1. The molecule has 3 heterocycles. The van der Waals surface area contributed by atoms with Gasteiger partial charge in [-0.2, -0.15) is 10.1 Å². The van der Waals surface area contributed by atoms with Gasteiger partial charge in [-0.3, -0.25) is 14.3 Å². The van der Waals surface area contributed by atoms with Crippen molar-refractivity contribution in [1.82, 2.24) is 20.2 Å². The maximum atomic E-state index is 12.0. The molecule has 0 saturated heterocycles. The largest absolute Gasteiger partial charge is 0.481 e. The summed E-state index contributed by atoms with van der Waals surface area (Å²) in [6.07, 6.45) is 2.60. The van der Waals surface area contributed by atoms with Crippen LogP contribution in [0, 0.1) is 0 Å². The van der Waals surface area contributed by atoms with Gasteiger partial charge in [0.25, 0.3) is 5.56 Å². The van der Waals surface area contributed by atoms with Gasteiger partial charge in [-0.05, 0) is 12.1 Å². The zero-order valence-corrected chi connectivity index (χ0v) is 13.9. The van der Waals surface area contributed by atoms with Gasteiger partial charge in [0, 0.05) is 17.6 Å². The monoisotopic (exact) mass is 363 g/mol. The number of rotatable bonds is 5. The first-order valence-corrected chi connectivity index (χ1v) is 8.67. The van der Waals surface area contributed by atoms with Gasteiger partial charge in [-0.25, -0.2) is 5.10 Å². The Balaban J connectivity index is 1.90. The summed E-state index contributed by atoms with van der Waals surface area (Å²) >= 11 is 0. The van der Waals surface area contributed by atoms with E-state index in [1.165, 1.54) is 25.4 Å². The average Bonchev–Trinajstić information content (AvgIpc) is 2.59. The Hall–Kier alpha value is -2.81.